The van der Waals surface area contributed by atoms with E-state index >= 15 is 0 Å². The molecule has 0 aliphatic carbocycles. The van der Waals surface area contributed by atoms with Crippen molar-refractivity contribution in [2.24, 2.45) is 0 Å². The Morgan fingerprint density at radius 1 is 0.895 bits per heavy atom. The van der Waals surface area contributed by atoms with Gasteiger partial charge in [-0.3, -0.25) is 9.36 Å². The van der Waals surface area contributed by atoms with Gasteiger partial charge in [0.1, 0.15) is 0 Å². The summed E-state index contributed by atoms with van der Waals surface area (Å²) in [6, 6.07) is 25.9. The highest BCUT2D eigenvalue weighted by atomic mass is 79.9. The lowest BCUT2D eigenvalue weighted by Gasteiger charge is -2.12. The number of halogens is 4. The summed E-state index contributed by atoms with van der Waals surface area (Å²) < 4.78 is 41.4. The molecule has 5 nitrogen and oxygen atoms in total. The normalized spacial score (nSPS) is 11.6. The fourth-order valence-corrected chi connectivity index (χ4v) is 5.16. The fourth-order valence-electron chi connectivity index (χ4n) is 3.97. The first-order valence-electron chi connectivity index (χ1n) is 11.5. The molecule has 0 spiro atoms. The van der Waals surface area contributed by atoms with Crippen LogP contribution in [0.4, 0.5) is 13.2 Å². The number of carbonyl (C=O) groups excluding carboxylic acids is 1. The van der Waals surface area contributed by atoms with Gasteiger partial charge in [0.2, 0.25) is 0 Å². The predicted octanol–water partition coefficient (Wildman–Crippen LogP) is 7.42. The lowest BCUT2D eigenvalue weighted by atomic mass is 10.0. The maximum Gasteiger partial charge on any atom is 0.416 e. The highest BCUT2D eigenvalue weighted by molar-refractivity contribution is 9.10. The van der Waals surface area contributed by atoms with E-state index in [4.69, 9.17) is 0 Å². The van der Waals surface area contributed by atoms with E-state index in [0.717, 1.165) is 38.6 Å². The lowest BCUT2D eigenvalue weighted by molar-refractivity contribution is -0.137. The van der Waals surface area contributed by atoms with Crippen LogP contribution in [0, 0.1) is 0 Å². The Balaban J connectivity index is 1.38. The number of nitrogens with zero attached hydrogens (tertiary/aromatic N) is 3. The molecule has 0 aliphatic heterocycles. The molecule has 1 amide bonds. The first-order chi connectivity index (χ1) is 18.3. The number of benzene rings is 4. The first kappa shape index (κ1) is 26.0. The van der Waals surface area contributed by atoms with Crippen molar-refractivity contribution < 1.29 is 18.0 Å². The average molecular weight is 597 g/mol. The van der Waals surface area contributed by atoms with Crippen LogP contribution < -0.4 is 5.32 Å². The predicted molar refractivity (Wildman–Crippen MR) is 145 cm³/mol. The molecule has 0 aliphatic rings. The molecule has 0 unspecified atom stereocenters. The molecule has 0 fully saturated rings. The van der Waals surface area contributed by atoms with Crippen LogP contribution in [0.2, 0.25) is 0 Å². The van der Waals surface area contributed by atoms with Crippen LogP contribution in [-0.2, 0) is 18.5 Å². The first-order valence-corrected chi connectivity index (χ1v) is 13.3. The highest BCUT2D eigenvalue weighted by Crippen LogP contribution is 2.31. The number of carbonyl (C=O) groups is 1. The third-order valence-corrected chi connectivity index (χ3v) is 7.40. The maximum absolute atomic E-state index is 13.1. The molecule has 1 heterocycles. The maximum atomic E-state index is 13.1. The largest absolute Gasteiger partial charge is 0.416 e. The molecule has 5 aromatic rings. The van der Waals surface area contributed by atoms with Gasteiger partial charge in [-0.2, -0.15) is 13.2 Å². The molecule has 1 aromatic heterocycles. The van der Waals surface area contributed by atoms with Crippen molar-refractivity contribution in [1.82, 2.24) is 20.1 Å². The second-order valence-electron chi connectivity index (χ2n) is 8.40. The SMILES string of the molecule is O=C(NCc1nnc(SCc2ccc(C(F)(F)F)cc2)n1-c1ccc(Br)cc1)c1cccc2ccccc12. The Morgan fingerprint density at radius 3 is 2.34 bits per heavy atom. The summed E-state index contributed by atoms with van der Waals surface area (Å²) in [5, 5.41) is 14.0. The van der Waals surface area contributed by atoms with Crippen LogP contribution in [0.25, 0.3) is 16.5 Å². The van der Waals surface area contributed by atoms with Gasteiger partial charge in [0.05, 0.1) is 12.1 Å². The number of aromatic nitrogens is 3. The molecule has 0 atom stereocenters. The van der Waals surface area contributed by atoms with Gasteiger partial charge in [0.15, 0.2) is 11.0 Å². The van der Waals surface area contributed by atoms with E-state index in [-0.39, 0.29) is 12.5 Å². The second-order valence-corrected chi connectivity index (χ2v) is 10.3. The molecule has 192 valence electrons. The second kappa shape index (κ2) is 11.0. The molecule has 0 saturated carbocycles. The summed E-state index contributed by atoms with van der Waals surface area (Å²) in [4.78, 5) is 13.1. The van der Waals surface area contributed by atoms with Gasteiger partial charge in [-0.15, -0.1) is 10.2 Å². The zero-order valence-electron chi connectivity index (χ0n) is 19.7. The number of thioether (sulfide) groups is 1. The summed E-state index contributed by atoms with van der Waals surface area (Å²) in [6.45, 7) is 0.131. The van der Waals surface area contributed by atoms with Crippen molar-refractivity contribution >= 4 is 44.4 Å². The number of nitrogens with one attached hydrogen (secondary N) is 1. The van der Waals surface area contributed by atoms with E-state index in [0.29, 0.717) is 22.3 Å². The molecule has 0 radical (unpaired) electrons. The van der Waals surface area contributed by atoms with Crippen molar-refractivity contribution in [3.05, 3.63) is 118 Å². The van der Waals surface area contributed by atoms with Crippen LogP contribution >= 0.6 is 27.7 Å². The van der Waals surface area contributed by atoms with E-state index in [1.807, 2.05) is 65.2 Å². The Hall–Kier alpha value is -3.63. The van der Waals surface area contributed by atoms with E-state index in [1.54, 1.807) is 6.07 Å². The molecule has 1 N–H and O–H groups in total. The number of amides is 1. The Kier molecular flexibility index (Phi) is 7.53. The average Bonchev–Trinajstić information content (AvgIpc) is 3.33. The van der Waals surface area contributed by atoms with Gasteiger partial charge < -0.3 is 5.32 Å². The number of rotatable bonds is 7. The monoisotopic (exact) mass is 596 g/mol. The third kappa shape index (κ3) is 5.76. The molecule has 5 rings (SSSR count). The molecule has 38 heavy (non-hydrogen) atoms. The quantitative estimate of drug-likeness (QED) is 0.199. The molecular weight excluding hydrogens is 577 g/mol. The fraction of sp³-hybridized carbons (Fsp3) is 0.107. The third-order valence-electron chi connectivity index (χ3n) is 5.88. The van der Waals surface area contributed by atoms with Gasteiger partial charge in [0.25, 0.3) is 5.91 Å². The molecule has 0 bridgehead atoms. The van der Waals surface area contributed by atoms with Crippen molar-refractivity contribution in [2.45, 2.75) is 23.6 Å². The smallest absolute Gasteiger partial charge is 0.345 e. The van der Waals surface area contributed by atoms with E-state index in [9.17, 15) is 18.0 Å². The number of fused-ring (bicyclic) bond motifs is 1. The van der Waals surface area contributed by atoms with Crippen LogP contribution in [-0.4, -0.2) is 20.7 Å². The summed E-state index contributed by atoms with van der Waals surface area (Å²) in [5.74, 6) is 0.691. The van der Waals surface area contributed by atoms with Gasteiger partial charge >= 0.3 is 6.18 Å². The zero-order valence-corrected chi connectivity index (χ0v) is 22.1. The topological polar surface area (TPSA) is 59.8 Å². The minimum atomic E-state index is -4.38. The van der Waals surface area contributed by atoms with Gasteiger partial charge in [0, 0.05) is 21.5 Å². The Bertz CT molecular complexity index is 1580. The van der Waals surface area contributed by atoms with Crippen LogP contribution in [0.3, 0.4) is 0 Å². The van der Waals surface area contributed by atoms with Crippen molar-refractivity contribution in [3.63, 3.8) is 0 Å². The van der Waals surface area contributed by atoms with Crippen LogP contribution in [0.1, 0.15) is 27.3 Å². The van der Waals surface area contributed by atoms with E-state index in [2.05, 4.69) is 31.4 Å². The van der Waals surface area contributed by atoms with Crippen molar-refractivity contribution in [3.8, 4) is 5.69 Å². The highest BCUT2D eigenvalue weighted by Gasteiger charge is 2.30. The minimum Gasteiger partial charge on any atom is -0.345 e. The van der Waals surface area contributed by atoms with Crippen molar-refractivity contribution in [2.75, 3.05) is 0 Å². The lowest BCUT2D eigenvalue weighted by Crippen LogP contribution is -2.25. The Morgan fingerprint density at radius 2 is 1.61 bits per heavy atom. The zero-order chi connectivity index (χ0) is 26.7. The minimum absolute atomic E-state index is 0.131. The Labute approximate surface area is 229 Å². The molecular formula is C28H20BrF3N4OS. The summed E-state index contributed by atoms with van der Waals surface area (Å²) in [6.07, 6.45) is -4.38. The molecule has 4 aromatic carbocycles. The number of hydrogen-bond acceptors (Lipinski definition) is 4. The van der Waals surface area contributed by atoms with Crippen molar-refractivity contribution in [1.29, 1.82) is 0 Å². The number of hydrogen-bond donors (Lipinski definition) is 1. The van der Waals surface area contributed by atoms with E-state index < -0.39 is 11.7 Å². The molecule has 0 saturated heterocycles. The van der Waals surface area contributed by atoms with Gasteiger partial charge in [-0.1, -0.05) is 76.2 Å². The van der Waals surface area contributed by atoms with E-state index in [1.165, 1.54) is 23.9 Å². The summed E-state index contributed by atoms with van der Waals surface area (Å²) in [7, 11) is 0. The van der Waals surface area contributed by atoms with Gasteiger partial charge in [-0.25, -0.2) is 0 Å². The summed E-state index contributed by atoms with van der Waals surface area (Å²) in [5.41, 5.74) is 1.39. The summed E-state index contributed by atoms with van der Waals surface area (Å²) >= 11 is 4.79. The number of alkyl halides is 3. The van der Waals surface area contributed by atoms with Crippen LogP contribution in [0.5, 0.6) is 0 Å². The van der Waals surface area contributed by atoms with Gasteiger partial charge in [-0.05, 0) is 58.8 Å². The van der Waals surface area contributed by atoms with Crippen LogP contribution in [0.15, 0.2) is 101 Å². The molecule has 10 heteroatoms. The standard InChI is InChI=1S/C28H20BrF3N4OS/c29-21-12-14-22(15-13-21)36-25(16-33-26(37)24-7-3-5-19-4-1-2-6-23(19)24)34-35-27(36)38-17-18-8-10-20(11-9-18)28(30,31)32/h1-15H,16-17H2,(H,33,37).